The summed E-state index contributed by atoms with van der Waals surface area (Å²) in [5, 5.41) is 22.7. The second kappa shape index (κ2) is 7.22. The van der Waals surface area contributed by atoms with Crippen LogP contribution in [0.3, 0.4) is 0 Å². The first kappa shape index (κ1) is 16.4. The van der Waals surface area contributed by atoms with Crippen molar-refractivity contribution in [2.24, 2.45) is 0 Å². The molecule has 0 aliphatic rings. The molecule has 8 heteroatoms. The van der Waals surface area contributed by atoms with E-state index in [1.54, 1.807) is 0 Å². The van der Waals surface area contributed by atoms with Crippen molar-refractivity contribution in [2.75, 3.05) is 19.6 Å². The largest absolute Gasteiger partial charge is 0.502 e. The number of likely N-dealkylation sites (N-methyl/N-ethyl adjacent to an activating group) is 1. The Labute approximate surface area is 121 Å². The fraction of sp³-hybridized carbons (Fsp3) is 0.385. The van der Waals surface area contributed by atoms with Crippen LogP contribution in [0.5, 0.6) is 5.75 Å². The fourth-order valence-electron chi connectivity index (χ4n) is 1.80. The second-order valence-electron chi connectivity index (χ2n) is 4.18. The highest BCUT2D eigenvalue weighted by Gasteiger charge is 2.21. The van der Waals surface area contributed by atoms with Gasteiger partial charge in [-0.2, -0.15) is 0 Å². The van der Waals surface area contributed by atoms with Gasteiger partial charge in [0.25, 0.3) is 5.91 Å². The number of aromatic hydroxyl groups is 1. The molecule has 0 aromatic heterocycles. The highest BCUT2D eigenvalue weighted by molar-refractivity contribution is 5.99. The maximum absolute atomic E-state index is 11.9. The van der Waals surface area contributed by atoms with Crippen LogP contribution in [0.25, 0.3) is 0 Å². The number of carbonyl (C=O) groups excluding carboxylic acids is 2. The van der Waals surface area contributed by atoms with E-state index in [0.717, 1.165) is 6.07 Å². The number of nitro groups is 1. The molecule has 0 saturated carbocycles. The van der Waals surface area contributed by atoms with Crippen molar-refractivity contribution in [2.45, 2.75) is 13.8 Å². The molecule has 0 aliphatic carbocycles. The first-order valence-electron chi connectivity index (χ1n) is 6.44. The minimum Gasteiger partial charge on any atom is -0.502 e. The van der Waals surface area contributed by atoms with Crippen molar-refractivity contribution in [3.63, 3.8) is 0 Å². The predicted octanol–water partition coefficient (Wildman–Crippen LogP) is 0.899. The van der Waals surface area contributed by atoms with Gasteiger partial charge in [0.2, 0.25) is 11.7 Å². The lowest BCUT2D eigenvalue weighted by Crippen LogP contribution is -2.40. The van der Waals surface area contributed by atoms with Gasteiger partial charge >= 0.3 is 5.69 Å². The number of hydrogen-bond donors (Lipinski definition) is 2. The summed E-state index contributed by atoms with van der Waals surface area (Å²) in [6, 6.07) is 3.63. The predicted molar refractivity (Wildman–Crippen MR) is 75.0 cm³/mol. The zero-order valence-electron chi connectivity index (χ0n) is 11.8. The van der Waals surface area contributed by atoms with Crippen LogP contribution in [0, 0.1) is 10.1 Å². The molecule has 0 bridgehead atoms. The van der Waals surface area contributed by atoms with Crippen LogP contribution in [0.2, 0.25) is 0 Å². The van der Waals surface area contributed by atoms with E-state index >= 15 is 0 Å². The summed E-state index contributed by atoms with van der Waals surface area (Å²) in [4.78, 5) is 35.1. The first-order chi connectivity index (χ1) is 9.92. The van der Waals surface area contributed by atoms with Gasteiger partial charge in [0, 0.05) is 19.2 Å². The lowest BCUT2D eigenvalue weighted by Gasteiger charge is -2.18. The molecule has 0 fully saturated rings. The number of nitrogens with zero attached hydrogens (tertiary/aromatic N) is 2. The molecule has 114 valence electrons. The quantitative estimate of drug-likeness (QED) is 0.598. The molecule has 2 amide bonds. The maximum Gasteiger partial charge on any atom is 0.311 e. The topological polar surface area (TPSA) is 113 Å². The smallest absolute Gasteiger partial charge is 0.311 e. The van der Waals surface area contributed by atoms with Gasteiger partial charge < -0.3 is 15.3 Å². The molecule has 0 spiro atoms. The molecule has 0 saturated heterocycles. The molecule has 0 aliphatic heterocycles. The highest BCUT2D eigenvalue weighted by Crippen LogP contribution is 2.28. The first-order valence-corrected chi connectivity index (χ1v) is 6.44. The number of phenolic OH excluding ortho intramolecular Hbond substituents is 1. The van der Waals surface area contributed by atoms with E-state index in [2.05, 4.69) is 5.32 Å². The Morgan fingerprint density at radius 2 is 1.95 bits per heavy atom. The van der Waals surface area contributed by atoms with Gasteiger partial charge in [-0.25, -0.2) is 0 Å². The maximum atomic E-state index is 11.9. The number of phenols is 1. The van der Waals surface area contributed by atoms with Gasteiger partial charge in [-0.05, 0) is 19.9 Å². The molecule has 0 radical (unpaired) electrons. The summed E-state index contributed by atoms with van der Waals surface area (Å²) in [7, 11) is 0. The van der Waals surface area contributed by atoms with Crippen molar-refractivity contribution >= 4 is 17.5 Å². The van der Waals surface area contributed by atoms with Gasteiger partial charge in [0.05, 0.1) is 17.0 Å². The lowest BCUT2D eigenvalue weighted by molar-refractivity contribution is -0.385. The third-order valence-electron chi connectivity index (χ3n) is 2.97. The average Bonchev–Trinajstić information content (AvgIpc) is 2.46. The number of benzene rings is 1. The van der Waals surface area contributed by atoms with E-state index in [9.17, 15) is 24.8 Å². The van der Waals surface area contributed by atoms with Gasteiger partial charge in [0.1, 0.15) is 0 Å². The molecule has 8 nitrogen and oxygen atoms in total. The average molecular weight is 295 g/mol. The molecule has 1 rings (SSSR count). The Balaban J connectivity index is 2.79. The zero-order chi connectivity index (χ0) is 16.0. The van der Waals surface area contributed by atoms with E-state index in [1.165, 1.54) is 17.0 Å². The summed E-state index contributed by atoms with van der Waals surface area (Å²) in [5.74, 6) is -1.72. The second-order valence-corrected chi connectivity index (χ2v) is 4.18. The Bertz CT molecular complexity index is 555. The molecular weight excluding hydrogens is 278 g/mol. The van der Waals surface area contributed by atoms with E-state index in [0.29, 0.717) is 13.1 Å². The van der Waals surface area contributed by atoms with Gasteiger partial charge in [-0.1, -0.05) is 6.07 Å². The van der Waals surface area contributed by atoms with E-state index in [-0.39, 0.29) is 18.0 Å². The minimum atomic E-state index is -0.785. The van der Waals surface area contributed by atoms with Crippen molar-refractivity contribution in [3.8, 4) is 5.75 Å². The zero-order valence-corrected chi connectivity index (χ0v) is 11.8. The van der Waals surface area contributed by atoms with Crippen molar-refractivity contribution < 1.29 is 19.6 Å². The number of nitrogens with one attached hydrogen (secondary N) is 1. The molecule has 1 aromatic rings. The lowest BCUT2D eigenvalue weighted by atomic mass is 10.1. The number of carbonyl (C=O) groups is 2. The number of rotatable bonds is 6. The summed E-state index contributed by atoms with van der Waals surface area (Å²) < 4.78 is 0. The van der Waals surface area contributed by atoms with Crippen LogP contribution in [0.4, 0.5) is 5.69 Å². The van der Waals surface area contributed by atoms with Crippen molar-refractivity contribution in [1.29, 1.82) is 0 Å². The van der Waals surface area contributed by atoms with Gasteiger partial charge in [-0.15, -0.1) is 0 Å². The monoisotopic (exact) mass is 295 g/mol. The minimum absolute atomic E-state index is 0.233. The normalized spacial score (nSPS) is 10.0. The summed E-state index contributed by atoms with van der Waals surface area (Å²) in [5.41, 5.74) is -0.797. The van der Waals surface area contributed by atoms with Crippen molar-refractivity contribution in [3.05, 3.63) is 33.9 Å². The summed E-state index contributed by atoms with van der Waals surface area (Å²) in [6.07, 6.45) is 0. The molecule has 2 N–H and O–H groups in total. The Morgan fingerprint density at radius 3 is 2.48 bits per heavy atom. The number of hydrogen-bond acceptors (Lipinski definition) is 5. The van der Waals surface area contributed by atoms with Gasteiger partial charge in [0.15, 0.2) is 0 Å². The van der Waals surface area contributed by atoms with Crippen molar-refractivity contribution in [1.82, 2.24) is 10.2 Å². The molecular formula is C13H17N3O5. The SMILES string of the molecule is CCN(CC)C(=O)CNC(=O)c1cccc([N+](=O)[O-])c1O. The van der Waals surface area contributed by atoms with E-state index < -0.39 is 22.3 Å². The number of amides is 2. The number of para-hydroxylation sites is 1. The van der Waals surface area contributed by atoms with Crippen LogP contribution in [0.15, 0.2) is 18.2 Å². The molecule has 0 heterocycles. The Morgan fingerprint density at radius 1 is 1.33 bits per heavy atom. The standard InChI is InChI=1S/C13H17N3O5/c1-3-15(4-2)11(17)8-14-13(19)9-6-5-7-10(12(9)18)16(20)21/h5-7,18H,3-4,8H2,1-2H3,(H,14,19). The Kier molecular flexibility index (Phi) is 5.65. The highest BCUT2D eigenvalue weighted by atomic mass is 16.6. The van der Waals surface area contributed by atoms with E-state index in [4.69, 9.17) is 0 Å². The van der Waals surface area contributed by atoms with E-state index in [1.807, 2.05) is 13.8 Å². The molecule has 1 aromatic carbocycles. The third kappa shape index (κ3) is 3.91. The van der Waals surface area contributed by atoms with Crippen LogP contribution in [0.1, 0.15) is 24.2 Å². The third-order valence-corrected chi connectivity index (χ3v) is 2.97. The fourth-order valence-corrected chi connectivity index (χ4v) is 1.80. The Hall–Kier alpha value is -2.64. The van der Waals surface area contributed by atoms with Crippen LogP contribution < -0.4 is 5.32 Å². The molecule has 21 heavy (non-hydrogen) atoms. The van der Waals surface area contributed by atoms with Gasteiger partial charge in [-0.3, -0.25) is 19.7 Å². The van der Waals surface area contributed by atoms with Crippen LogP contribution in [-0.4, -0.2) is 46.4 Å². The number of nitro benzene ring substituents is 1. The molecule has 0 unspecified atom stereocenters. The summed E-state index contributed by atoms with van der Waals surface area (Å²) in [6.45, 7) is 4.44. The summed E-state index contributed by atoms with van der Waals surface area (Å²) >= 11 is 0. The van der Waals surface area contributed by atoms with Crippen LogP contribution >= 0.6 is 0 Å². The van der Waals surface area contributed by atoms with Crippen LogP contribution in [-0.2, 0) is 4.79 Å². The molecule has 0 atom stereocenters.